The van der Waals surface area contributed by atoms with Crippen molar-refractivity contribution in [2.45, 2.75) is 23.8 Å². The fourth-order valence-corrected chi connectivity index (χ4v) is 4.68. The van der Waals surface area contributed by atoms with E-state index in [1.54, 1.807) is 17.0 Å². The van der Waals surface area contributed by atoms with E-state index in [2.05, 4.69) is 21.3 Å². The minimum Gasteiger partial charge on any atom is -0.340 e. The highest BCUT2D eigenvalue weighted by atomic mass is 32.2. The highest BCUT2D eigenvalue weighted by Crippen LogP contribution is 2.32. The number of benzene rings is 2. The predicted molar refractivity (Wildman–Crippen MR) is 111 cm³/mol. The molecule has 2 N–H and O–H groups in total. The molecule has 1 atom stereocenters. The molecule has 3 aromatic rings. The fraction of sp³-hybridized carbons (Fsp3) is 0.238. The molecule has 150 valence electrons. The molecule has 29 heavy (non-hydrogen) atoms. The molecule has 8 heteroatoms. The third kappa shape index (κ3) is 3.81. The van der Waals surface area contributed by atoms with Gasteiger partial charge in [0.05, 0.1) is 22.0 Å². The van der Waals surface area contributed by atoms with Gasteiger partial charge in [0.1, 0.15) is 5.82 Å². The van der Waals surface area contributed by atoms with Crippen molar-refractivity contribution < 1.29 is 13.2 Å². The number of carbonyl (C=O) groups excluding carboxylic acids is 1. The van der Waals surface area contributed by atoms with Crippen molar-refractivity contribution in [1.82, 2.24) is 19.6 Å². The number of amides is 1. The Labute approximate surface area is 169 Å². The SMILES string of the molecule is C=CCNS(=O)(=O)c1cccc(C(=O)N2CCC[C@@H]2c2nc3ccccc3[nH]2)c1. The van der Waals surface area contributed by atoms with Crippen molar-refractivity contribution >= 4 is 27.0 Å². The van der Waals surface area contributed by atoms with Gasteiger partial charge < -0.3 is 9.88 Å². The van der Waals surface area contributed by atoms with Crippen molar-refractivity contribution in [3.8, 4) is 0 Å². The summed E-state index contributed by atoms with van der Waals surface area (Å²) in [5, 5.41) is 0. The van der Waals surface area contributed by atoms with Gasteiger partial charge >= 0.3 is 0 Å². The topological polar surface area (TPSA) is 95.2 Å². The molecule has 4 rings (SSSR count). The number of H-pyrrole nitrogens is 1. The number of hydrogen-bond acceptors (Lipinski definition) is 4. The van der Waals surface area contributed by atoms with E-state index in [-0.39, 0.29) is 23.4 Å². The van der Waals surface area contributed by atoms with Gasteiger partial charge in [0.15, 0.2) is 0 Å². The molecule has 1 aromatic heterocycles. The Balaban J connectivity index is 1.62. The molecule has 1 amide bonds. The molecular weight excluding hydrogens is 388 g/mol. The van der Waals surface area contributed by atoms with Crippen molar-refractivity contribution in [1.29, 1.82) is 0 Å². The largest absolute Gasteiger partial charge is 0.340 e. The summed E-state index contributed by atoms with van der Waals surface area (Å²) in [6.45, 7) is 4.24. The second-order valence-electron chi connectivity index (χ2n) is 6.96. The number of imidazole rings is 1. The number of carbonyl (C=O) groups is 1. The molecule has 1 fully saturated rings. The summed E-state index contributed by atoms with van der Waals surface area (Å²) >= 11 is 0. The number of hydrogen-bond donors (Lipinski definition) is 2. The molecule has 0 radical (unpaired) electrons. The van der Waals surface area contributed by atoms with Gasteiger partial charge in [-0.25, -0.2) is 18.1 Å². The average Bonchev–Trinajstić information content (AvgIpc) is 3.38. The quantitative estimate of drug-likeness (QED) is 0.611. The van der Waals surface area contributed by atoms with Gasteiger partial charge in [0.25, 0.3) is 5.91 Å². The summed E-state index contributed by atoms with van der Waals surface area (Å²) < 4.78 is 27.2. The Bertz CT molecular complexity index is 1140. The number of para-hydroxylation sites is 2. The average molecular weight is 410 g/mol. The van der Waals surface area contributed by atoms with Crippen LogP contribution in [0.1, 0.15) is 35.1 Å². The van der Waals surface area contributed by atoms with Crippen LogP contribution in [0.15, 0.2) is 66.1 Å². The summed E-state index contributed by atoms with van der Waals surface area (Å²) in [4.78, 5) is 23.0. The summed E-state index contributed by atoms with van der Waals surface area (Å²) in [6, 6.07) is 13.7. The molecule has 7 nitrogen and oxygen atoms in total. The van der Waals surface area contributed by atoms with E-state index in [1.165, 1.54) is 18.2 Å². The molecule has 0 unspecified atom stereocenters. The minimum atomic E-state index is -3.70. The van der Waals surface area contributed by atoms with Gasteiger partial charge in [-0.2, -0.15) is 0 Å². The van der Waals surface area contributed by atoms with Gasteiger partial charge in [0, 0.05) is 18.7 Å². The monoisotopic (exact) mass is 410 g/mol. The fourth-order valence-electron chi connectivity index (χ4n) is 3.64. The molecule has 0 saturated carbocycles. The van der Waals surface area contributed by atoms with E-state index in [0.29, 0.717) is 12.1 Å². The molecule has 1 saturated heterocycles. The first-order valence-corrected chi connectivity index (χ1v) is 10.9. The van der Waals surface area contributed by atoms with E-state index in [0.717, 1.165) is 29.7 Å². The number of nitrogens with one attached hydrogen (secondary N) is 2. The third-order valence-electron chi connectivity index (χ3n) is 5.05. The van der Waals surface area contributed by atoms with Crippen LogP contribution in [-0.2, 0) is 10.0 Å². The normalized spacial score (nSPS) is 17.0. The van der Waals surface area contributed by atoms with Gasteiger partial charge in [0.2, 0.25) is 10.0 Å². The van der Waals surface area contributed by atoms with Crippen molar-refractivity contribution in [3.63, 3.8) is 0 Å². The lowest BCUT2D eigenvalue weighted by Gasteiger charge is -2.23. The van der Waals surface area contributed by atoms with E-state index in [1.807, 2.05) is 24.3 Å². The van der Waals surface area contributed by atoms with Crippen LogP contribution in [-0.4, -0.2) is 42.3 Å². The second-order valence-corrected chi connectivity index (χ2v) is 8.73. The maximum atomic E-state index is 13.2. The van der Waals surface area contributed by atoms with Crippen LogP contribution in [0.25, 0.3) is 11.0 Å². The number of sulfonamides is 1. The number of aromatic amines is 1. The third-order valence-corrected chi connectivity index (χ3v) is 6.47. The minimum absolute atomic E-state index is 0.0599. The molecule has 2 heterocycles. The maximum Gasteiger partial charge on any atom is 0.254 e. The molecule has 2 aromatic carbocycles. The molecule has 1 aliphatic rings. The van der Waals surface area contributed by atoms with Gasteiger partial charge in [-0.05, 0) is 43.2 Å². The predicted octanol–water partition coefficient (Wildman–Crippen LogP) is 3.00. The maximum absolute atomic E-state index is 13.2. The van der Waals surface area contributed by atoms with Crippen molar-refractivity contribution in [3.05, 3.63) is 72.6 Å². The molecule has 0 bridgehead atoms. The zero-order valence-electron chi connectivity index (χ0n) is 15.8. The smallest absolute Gasteiger partial charge is 0.254 e. The lowest BCUT2D eigenvalue weighted by atomic mass is 10.1. The number of fused-ring (bicyclic) bond motifs is 1. The molecule has 0 aliphatic carbocycles. The first kappa shape index (κ1) is 19.4. The van der Waals surface area contributed by atoms with Gasteiger partial charge in [-0.1, -0.05) is 24.3 Å². The lowest BCUT2D eigenvalue weighted by Crippen LogP contribution is -2.31. The van der Waals surface area contributed by atoms with Crippen LogP contribution < -0.4 is 4.72 Å². The first-order valence-electron chi connectivity index (χ1n) is 9.46. The van der Waals surface area contributed by atoms with Gasteiger partial charge in [-0.3, -0.25) is 4.79 Å². The molecule has 0 spiro atoms. The van der Waals surface area contributed by atoms with Crippen LogP contribution in [0.4, 0.5) is 0 Å². The van der Waals surface area contributed by atoms with Crippen LogP contribution in [0.2, 0.25) is 0 Å². The highest BCUT2D eigenvalue weighted by molar-refractivity contribution is 7.89. The van der Waals surface area contributed by atoms with Crippen molar-refractivity contribution in [2.24, 2.45) is 0 Å². The zero-order valence-corrected chi connectivity index (χ0v) is 16.7. The van der Waals surface area contributed by atoms with E-state index < -0.39 is 10.0 Å². The Hall–Kier alpha value is -2.97. The van der Waals surface area contributed by atoms with Gasteiger partial charge in [-0.15, -0.1) is 6.58 Å². The van der Waals surface area contributed by atoms with E-state index in [9.17, 15) is 13.2 Å². The lowest BCUT2D eigenvalue weighted by molar-refractivity contribution is 0.0730. The Morgan fingerprint density at radius 2 is 2.10 bits per heavy atom. The van der Waals surface area contributed by atoms with E-state index in [4.69, 9.17) is 0 Å². The van der Waals surface area contributed by atoms with Crippen LogP contribution in [0.5, 0.6) is 0 Å². The number of likely N-dealkylation sites (tertiary alicyclic amines) is 1. The van der Waals surface area contributed by atoms with Crippen LogP contribution in [0, 0.1) is 0 Å². The summed E-state index contributed by atoms with van der Waals surface area (Å²) in [5.41, 5.74) is 2.14. The first-order chi connectivity index (χ1) is 14.0. The van der Waals surface area contributed by atoms with Crippen molar-refractivity contribution in [2.75, 3.05) is 13.1 Å². The van der Waals surface area contributed by atoms with Crippen LogP contribution >= 0.6 is 0 Å². The molecular formula is C21H22N4O3S. The molecule has 1 aliphatic heterocycles. The Kier molecular flexibility index (Phi) is 5.21. The number of aromatic nitrogens is 2. The zero-order chi connectivity index (χ0) is 20.4. The Morgan fingerprint density at radius 1 is 1.28 bits per heavy atom. The Morgan fingerprint density at radius 3 is 2.90 bits per heavy atom. The second kappa shape index (κ2) is 7.81. The summed E-state index contributed by atoms with van der Waals surface area (Å²) in [5.74, 6) is 0.558. The number of rotatable bonds is 6. The highest BCUT2D eigenvalue weighted by Gasteiger charge is 2.33. The summed E-state index contributed by atoms with van der Waals surface area (Å²) in [7, 11) is -3.70. The van der Waals surface area contributed by atoms with Crippen LogP contribution in [0.3, 0.4) is 0 Å². The number of nitrogens with zero attached hydrogens (tertiary/aromatic N) is 2. The van der Waals surface area contributed by atoms with E-state index >= 15 is 0 Å². The standard InChI is InChI=1S/C21H22N4O3S/c1-2-12-22-29(27,28)16-8-5-7-15(14-16)21(26)25-13-6-11-19(25)20-23-17-9-3-4-10-18(17)24-20/h2-5,7-10,14,19,22H,1,6,11-13H2,(H,23,24)/t19-/m1/s1. The summed E-state index contributed by atoms with van der Waals surface area (Å²) in [6.07, 6.45) is 3.14.